The summed E-state index contributed by atoms with van der Waals surface area (Å²) in [5, 5.41) is 8.62. The SMILES string of the molecule is Cc1noc(C)c1CSCC(=O)Nc1ccc(NC(=O)C2CC2)cc1C(F)(F)F. The number of rotatable bonds is 7. The van der Waals surface area contributed by atoms with Crippen LogP contribution in [0.25, 0.3) is 0 Å². The molecule has 6 nitrogen and oxygen atoms in total. The number of nitrogens with zero attached hydrogens (tertiary/aromatic N) is 1. The van der Waals surface area contributed by atoms with E-state index in [1.807, 2.05) is 0 Å². The first-order valence-electron chi connectivity index (χ1n) is 8.96. The average molecular weight is 427 g/mol. The Morgan fingerprint density at radius 1 is 1.24 bits per heavy atom. The van der Waals surface area contributed by atoms with Crippen LogP contribution in [0.2, 0.25) is 0 Å². The number of hydrogen-bond acceptors (Lipinski definition) is 5. The summed E-state index contributed by atoms with van der Waals surface area (Å²) in [4.78, 5) is 23.9. The Kier molecular flexibility index (Phi) is 6.21. The molecule has 1 aromatic carbocycles. The van der Waals surface area contributed by atoms with E-state index in [0.29, 0.717) is 11.5 Å². The fourth-order valence-corrected chi connectivity index (χ4v) is 3.67. The van der Waals surface area contributed by atoms with Crippen LogP contribution in [0.1, 0.15) is 35.4 Å². The third-order valence-corrected chi connectivity index (χ3v) is 5.43. The smallest absolute Gasteiger partial charge is 0.361 e. The molecule has 2 amide bonds. The van der Waals surface area contributed by atoms with Gasteiger partial charge in [-0.05, 0) is 44.9 Å². The molecule has 0 unspecified atom stereocenters. The molecule has 1 aromatic heterocycles. The molecule has 0 bridgehead atoms. The van der Waals surface area contributed by atoms with E-state index in [-0.39, 0.29) is 29.0 Å². The van der Waals surface area contributed by atoms with Crippen LogP contribution < -0.4 is 10.6 Å². The largest absolute Gasteiger partial charge is 0.418 e. The number of nitrogens with one attached hydrogen (secondary N) is 2. The van der Waals surface area contributed by atoms with Gasteiger partial charge in [0, 0.05) is 22.9 Å². The van der Waals surface area contributed by atoms with Crippen LogP contribution in [0.4, 0.5) is 24.5 Å². The minimum absolute atomic E-state index is 0.0263. The third kappa shape index (κ3) is 5.53. The zero-order valence-corrected chi connectivity index (χ0v) is 16.7. The highest BCUT2D eigenvalue weighted by Gasteiger charge is 2.35. The van der Waals surface area contributed by atoms with Gasteiger partial charge in [-0.1, -0.05) is 5.16 Å². The normalized spacial score (nSPS) is 14.0. The number of thioether (sulfide) groups is 1. The van der Waals surface area contributed by atoms with Gasteiger partial charge in [0.25, 0.3) is 0 Å². The number of aromatic nitrogens is 1. The van der Waals surface area contributed by atoms with E-state index < -0.39 is 17.6 Å². The molecule has 0 aliphatic heterocycles. The summed E-state index contributed by atoms with van der Waals surface area (Å²) in [6.45, 7) is 3.54. The summed E-state index contributed by atoms with van der Waals surface area (Å²) < 4.78 is 45.3. The van der Waals surface area contributed by atoms with Gasteiger partial charge in [-0.15, -0.1) is 11.8 Å². The zero-order valence-electron chi connectivity index (χ0n) is 15.9. The molecular weight excluding hydrogens is 407 g/mol. The molecule has 0 radical (unpaired) electrons. The predicted octanol–water partition coefficient (Wildman–Crippen LogP) is 4.53. The maximum atomic E-state index is 13.4. The summed E-state index contributed by atoms with van der Waals surface area (Å²) in [6.07, 6.45) is -3.18. The van der Waals surface area contributed by atoms with E-state index in [4.69, 9.17) is 4.52 Å². The quantitative estimate of drug-likeness (QED) is 0.678. The first kappa shape index (κ1) is 21.2. The van der Waals surface area contributed by atoms with Crippen molar-refractivity contribution in [1.29, 1.82) is 0 Å². The van der Waals surface area contributed by atoms with Gasteiger partial charge in [-0.25, -0.2) is 0 Å². The molecule has 10 heteroatoms. The first-order chi connectivity index (χ1) is 13.6. The standard InChI is InChI=1S/C19H20F3N3O3S/c1-10-14(11(2)28-25-10)8-29-9-17(26)24-16-6-5-13(7-15(16)19(20,21)22)23-18(27)12-3-4-12/h5-7,12H,3-4,8-9H2,1-2H3,(H,23,27)(H,24,26). The van der Waals surface area contributed by atoms with Gasteiger partial charge in [-0.2, -0.15) is 13.2 Å². The van der Waals surface area contributed by atoms with Crippen molar-refractivity contribution in [1.82, 2.24) is 5.16 Å². The Morgan fingerprint density at radius 2 is 1.97 bits per heavy atom. The second-order valence-electron chi connectivity index (χ2n) is 6.87. The first-order valence-corrected chi connectivity index (χ1v) is 10.1. The number of aryl methyl sites for hydroxylation is 2. The lowest BCUT2D eigenvalue weighted by molar-refractivity contribution is -0.137. The number of benzene rings is 1. The summed E-state index contributed by atoms with van der Waals surface area (Å²) >= 11 is 1.25. The van der Waals surface area contributed by atoms with Crippen molar-refractivity contribution in [2.24, 2.45) is 5.92 Å². The number of halogens is 3. The van der Waals surface area contributed by atoms with Crippen molar-refractivity contribution in [2.75, 3.05) is 16.4 Å². The second-order valence-corrected chi connectivity index (χ2v) is 7.85. The fraction of sp³-hybridized carbons (Fsp3) is 0.421. The van der Waals surface area contributed by atoms with Crippen LogP contribution >= 0.6 is 11.8 Å². The van der Waals surface area contributed by atoms with Crippen LogP contribution in [0.3, 0.4) is 0 Å². The van der Waals surface area contributed by atoms with E-state index in [1.54, 1.807) is 13.8 Å². The molecule has 29 heavy (non-hydrogen) atoms. The molecule has 1 saturated carbocycles. The Balaban J connectivity index is 1.63. The van der Waals surface area contributed by atoms with Crippen LogP contribution in [0.5, 0.6) is 0 Å². The number of carbonyl (C=O) groups excluding carboxylic acids is 2. The molecule has 3 rings (SSSR count). The Hall–Kier alpha value is -2.49. The van der Waals surface area contributed by atoms with Gasteiger partial charge in [-0.3, -0.25) is 9.59 Å². The molecule has 1 aliphatic carbocycles. The van der Waals surface area contributed by atoms with Gasteiger partial charge in [0.15, 0.2) is 0 Å². The maximum absolute atomic E-state index is 13.4. The highest BCUT2D eigenvalue weighted by Crippen LogP contribution is 2.37. The lowest BCUT2D eigenvalue weighted by Crippen LogP contribution is -2.19. The van der Waals surface area contributed by atoms with Gasteiger partial charge in [0.1, 0.15) is 5.76 Å². The molecular formula is C19H20F3N3O3S. The van der Waals surface area contributed by atoms with Crippen molar-refractivity contribution in [3.05, 3.63) is 40.8 Å². The summed E-state index contributed by atoms with van der Waals surface area (Å²) in [5.41, 5.74) is 0.299. The zero-order chi connectivity index (χ0) is 21.2. The number of alkyl halides is 3. The lowest BCUT2D eigenvalue weighted by Gasteiger charge is -2.16. The Labute approximate surface area is 169 Å². The topological polar surface area (TPSA) is 84.2 Å². The van der Waals surface area contributed by atoms with Gasteiger partial charge < -0.3 is 15.2 Å². The molecule has 2 aromatic rings. The molecule has 2 N–H and O–H groups in total. The Morgan fingerprint density at radius 3 is 2.55 bits per heavy atom. The molecule has 0 saturated heterocycles. The average Bonchev–Trinajstić information content (AvgIpc) is 3.44. The van der Waals surface area contributed by atoms with E-state index >= 15 is 0 Å². The molecule has 0 spiro atoms. The minimum Gasteiger partial charge on any atom is -0.361 e. The van der Waals surface area contributed by atoms with Crippen LogP contribution in [0, 0.1) is 19.8 Å². The monoisotopic (exact) mass is 427 g/mol. The van der Waals surface area contributed by atoms with Crippen molar-refractivity contribution in [2.45, 2.75) is 38.6 Å². The molecule has 156 valence electrons. The molecule has 1 fully saturated rings. The van der Waals surface area contributed by atoms with E-state index in [9.17, 15) is 22.8 Å². The van der Waals surface area contributed by atoms with E-state index in [0.717, 1.165) is 36.2 Å². The van der Waals surface area contributed by atoms with Crippen LogP contribution in [0.15, 0.2) is 22.7 Å². The summed E-state index contributed by atoms with van der Waals surface area (Å²) in [6, 6.07) is 3.34. The van der Waals surface area contributed by atoms with E-state index in [2.05, 4.69) is 15.8 Å². The number of anilines is 2. The van der Waals surface area contributed by atoms with E-state index in [1.165, 1.54) is 17.8 Å². The molecule has 1 aliphatic rings. The second kappa shape index (κ2) is 8.48. The minimum atomic E-state index is -4.67. The maximum Gasteiger partial charge on any atom is 0.418 e. The third-order valence-electron chi connectivity index (χ3n) is 4.48. The lowest BCUT2D eigenvalue weighted by atomic mass is 10.1. The molecule has 1 heterocycles. The molecule has 0 atom stereocenters. The highest BCUT2D eigenvalue weighted by molar-refractivity contribution is 7.99. The van der Waals surface area contributed by atoms with Crippen molar-refractivity contribution >= 4 is 35.0 Å². The predicted molar refractivity (Wildman–Crippen MR) is 104 cm³/mol. The van der Waals surface area contributed by atoms with Gasteiger partial charge >= 0.3 is 6.18 Å². The number of carbonyl (C=O) groups is 2. The van der Waals surface area contributed by atoms with Gasteiger partial charge in [0.2, 0.25) is 11.8 Å². The summed E-state index contributed by atoms with van der Waals surface area (Å²) in [7, 11) is 0. The van der Waals surface area contributed by atoms with Crippen molar-refractivity contribution in [3.63, 3.8) is 0 Å². The van der Waals surface area contributed by atoms with Gasteiger partial charge in [0.05, 0.1) is 22.7 Å². The number of hydrogen-bond donors (Lipinski definition) is 2. The van der Waals surface area contributed by atoms with Crippen molar-refractivity contribution < 1.29 is 27.3 Å². The highest BCUT2D eigenvalue weighted by atomic mass is 32.2. The van der Waals surface area contributed by atoms with Crippen LogP contribution in [-0.4, -0.2) is 22.7 Å². The van der Waals surface area contributed by atoms with Crippen LogP contribution in [-0.2, 0) is 21.5 Å². The fourth-order valence-electron chi connectivity index (χ4n) is 2.70. The summed E-state index contributed by atoms with van der Waals surface area (Å²) in [5.74, 6) is 0.124. The Bertz CT molecular complexity index is 904. The van der Waals surface area contributed by atoms with Crippen molar-refractivity contribution in [3.8, 4) is 0 Å². The number of amides is 2.